The summed E-state index contributed by atoms with van der Waals surface area (Å²) in [6, 6.07) is 11.0. The number of aliphatic carboxylic acids is 1. The minimum Gasteiger partial charge on any atom is -0.481 e. The molecule has 0 bridgehead atoms. The second-order valence-corrected chi connectivity index (χ2v) is 13.1. The van der Waals surface area contributed by atoms with E-state index in [9.17, 15) is 31.5 Å². The van der Waals surface area contributed by atoms with E-state index in [4.69, 9.17) is 5.11 Å². The molecule has 220 valence electrons. The zero-order chi connectivity index (χ0) is 29.7. The Hall–Kier alpha value is -2.73. The average molecular weight is 583 g/mol. The highest BCUT2D eigenvalue weighted by molar-refractivity contribution is 7.89. The Morgan fingerprint density at radius 3 is 2.35 bits per heavy atom. The molecule has 11 heteroatoms. The standard InChI is InChI=1S/C29H37F3N2O5S/c1-28(2,17-20-14-22-9-4-5-10-23(22)15-20)33-18-24(35)19-34(3)40(38,39)25-13-12-21(8-6-7-11-27(36)37)26(16-25)29(30,31)32/h4-6,8-10,12-13,16,20,24,33,35H,7,11,14-15,17-19H2,1-3H3,(H,36,37)/b8-6+/t24-/m1/s1. The molecule has 2 aromatic rings. The number of hydrogen-bond acceptors (Lipinski definition) is 5. The number of benzene rings is 2. The van der Waals surface area contributed by atoms with Gasteiger partial charge in [-0.3, -0.25) is 4.79 Å². The van der Waals surface area contributed by atoms with Crippen LogP contribution in [-0.2, 0) is 33.8 Å². The number of hydrogen-bond donors (Lipinski definition) is 3. The summed E-state index contributed by atoms with van der Waals surface area (Å²) < 4.78 is 68.1. The second kappa shape index (κ2) is 12.8. The summed E-state index contributed by atoms with van der Waals surface area (Å²) in [6.45, 7) is 3.86. The van der Waals surface area contributed by atoms with Crippen molar-refractivity contribution in [2.45, 2.75) is 68.7 Å². The van der Waals surface area contributed by atoms with E-state index in [1.165, 1.54) is 24.3 Å². The Balaban J connectivity index is 1.61. The van der Waals surface area contributed by atoms with E-state index in [-0.39, 0.29) is 37.0 Å². The third kappa shape index (κ3) is 8.63. The van der Waals surface area contributed by atoms with Crippen molar-refractivity contribution in [2.24, 2.45) is 5.92 Å². The zero-order valence-corrected chi connectivity index (χ0v) is 23.7. The van der Waals surface area contributed by atoms with Gasteiger partial charge in [-0.2, -0.15) is 17.5 Å². The molecule has 40 heavy (non-hydrogen) atoms. The quantitative estimate of drug-likeness (QED) is 0.315. The molecule has 0 saturated heterocycles. The minimum absolute atomic E-state index is 0.0342. The number of carbonyl (C=O) groups is 1. The molecule has 0 unspecified atom stereocenters. The molecule has 3 rings (SSSR count). The van der Waals surface area contributed by atoms with Gasteiger partial charge in [0, 0.05) is 32.1 Å². The van der Waals surface area contributed by atoms with E-state index in [1.54, 1.807) is 0 Å². The van der Waals surface area contributed by atoms with Crippen LogP contribution in [0.4, 0.5) is 13.2 Å². The summed E-state index contributed by atoms with van der Waals surface area (Å²) in [5, 5.41) is 22.6. The Labute approximate surface area is 233 Å². The van der Waals surface area contributed by atoms with Crippen molar-refractivity contribution in [1.29, 1.82) is 0 Å². The van der Waals surface area contributed by atoms with Crippen LogP contribution in [0.2, 0.25) is 0 Å². The van der Waals surface area contributed by atoms with Gasteiger partial charge in [-0.05, 0) is 74.3 Å². The van der Waals surface area contributed by atoms with Crippen LogP contribution < -0.4 is 5.32 Å². The predicted molar refractivity (Wildman–Crippen MR) is 147 cm³/mol. The number of halogens is 3. The van der Waals surface area contributed by atoms with Gasteiger partial charge in [0.05, 0.1) is 16.6 Å². The Morgan fingerprint density at radius 2 is 1.77 bits per heavy atom. The number of alkyl halides is 3. The summed E-state index contributed by atoms with van der Waals surface area (Å²) in [7, 11) is -3.11. The summed E-state index contributed by atoms with van der Waals surface area (Å²) in [4.78, 5) is 10.1. The maximum absolute atomic E-state index is 13.7. The zero-order valence-electron chi connectivity index (χ0n) is 22.9. The molecule has 0 spiro atoms. The second-order valence-electron chi connectivity index (χ2n) is 11.0. The third-order valence-corrected chi connectivity index (χ3v) is 8.90. The number of carboxylic acids is 1. The van der Waals surface area contributed by atoms with E-state index in [1.807, 2.05) is 26.0 Å². The van der Waals surface area contributed by atoms with Crippen LogP contribution in [0.1, 0.15) is 55.4 Å². The first-order valence-electron chi connectivity index (χ1n) is 13.1. The number of carboxylic acid groups (broad SMARTS) is 1. The molecular weight excluding hydrogens is 545 g/mol. The average Bonchev–Trinajstić information content (AvgIpc) is 3.26. The molecule has 1 aliphatic rings. The minimum atomic E-state index is -4.83. The molecule has 3 N–H and O–H groups in total. The Morgan fingerprint density at radius 1 is 1.15 bits per heavy atom. The van der Waals surface area contributed by atoms with Gasteiger partial charge >= 0.3 is 12.1 Å². The highest BCUT2D eigenvalue weighted by Gasteiger charge is 2.35. The number of rotatable bonds is 13. The smallest absolute Gasteiger partial charge is 0.417 e. The number of allylic oxidation sites excluding steroid dienone is 1. The lowest BCUT2D eigenvalue weighted by atomic mass is 9.88. The monoisotopic (exact) mass is 582 g/mol. The van der Waals surface area contributed by atoms with Crippen LogP contribution in [0.15, 0.2) is 53.4 Å². The van der Waals surface area contributed by atoms with Gasteiger partial charge in [0.2, 0.25) is 10.0 Å². The van der Waals surface area contributed by atoms with Crippen molar-refractivity contribution >= 4 is 22.1 Å². The molecule has 2 aromatic carbocycles. The highest BCUT2D eigenvalue weighted by atomic mass is 32.2. The molecule has 0 aromatic heterocycles. The first kappa shape index (κ1) is 31.8. The first-order valence-corrected chi connectivity index (χ1v) is 14.6. The fourth-order valence-corrected chi connectivity index (χ4v) is 6.36. The highest BCUT2D eigenvalue weighted by Crippen LogP contribution is 2.35. The molecule has 1 atom stereocenters. The van der Waals surface area contributed by atoms with E-state index in [2.05, 4.69) is 17.4 Å². The number of nitrogens with zero attached hydrogens (tertiary/aromatic N) is 1. The molecule has 0 heterocycles. The van der Waals surface area contributed by atoms with E-state index < -0.39 is 38.7 Å². The first-order chi connectivity index (χ1) is 18.6. The molecule has 0 radical (unpaired) electrons. The normalized spacial score (nSPS) is 15.6. The van der Waals surface area contributed by atoms with Crippen molar-refractivity contribution in [3.63, 3.8) is 0 Å². The number of sulfonamides is 1. The van der Waals surface area contributed by atoms with Gasteiger partial charge in [0.1, 0.15) is 0 Å². The van der Waals surface area contributed by atoms with Crippen molar-refractivity contribution in [1.82, 2.24) is 9.62 Å². The largest absolute Gasteiger partial charge is 0.481 e. The molecule has 1 aliphatic carbocycles. The Bertz CT molecular complexity index is 1300. The summed E-state index contributed by atoms with van der Waals surface area (Å²) in [5.41, 5.74) is 0.973. The van der Waals surface area contributed by atoms with Crippen LogP contribution in [-0.4, -0.2) is 60.7 Å². The topological polar surface area (TPSA) is 107 Å². The van der Waals surface area contributed by atoms with Gasteiger partial charge in [-0.15, -0.1) is 0 Å². The molecule has 0 saturated carbocycles. The van der Waals surface area contributed by atoms with Crippen molar-refractivity contribution in [3.05, 3.63) is 70.8 Å². The number of fused-ring (bicyclic) bond motifs is 1. The number of nitrogens with one attached hydrogen (secondary N) is 1. The lowest BCUT2D eigenvalue weighted by molar-refractivity contribution is -0.138. The van der Waals surface area contributed by atoms with Gasteiger partial charge < -0.3 is 15.5 Å². The van der Waals surface area contributed by atoms with Gasteiger partial charge in [-0.25, -0.2) is 8.42 Å². The van der Waals surface area contributed by atoms with E-state index in [0.29, 0.717) is 12.0 Å². The lowest BCUT2D eigenvalue weighted by Crippen LogP contribution is -2.47. The predicted octanol–water partition coefficient (Wildman–Crippen LogP) is 4.74. The summed E-state index contributed by atoms with van der Waals surface area (Å²) >= 11 is 0. The van der Waals surface area contributed by atoms with Crippen LogP contribution in [0, 0.1) is 5.92 Å². The van der Waals surface area contributed by atoms with Gasteiger partial charge in [0.15, 0.2) is 0 Å². The van der Waals surface area contributed by atoms with Crippen LogP contribution in [0.5, 0.6) is 0 Å². The van der Waals surface area contributed by atoms with Crippen molar-refractivity contribution < 1.29 is 36.6 Å². The van der Waals surface area contributed by atoms with E-state index >= 15 is 0 Å². The number of β-amino-alcohol motifs (C(OH)–C–C–N with tert-alkyl or cyclic N) is 1. The van der Waals surface area contributed by atoms with Crippen molar-refractivity contribution in [2.75, 3.05) is 20.1 Å². The van der Waals surface area contributed by atoms with E-state index in [0.717, 1.165) is 41.8 Å². The SMILES string of the molecule is CN(C[C@H](O)CNC(C)(C)CC1Cc2ccccc2C1)S(=O)(=O)c1ccc(/C=C/CCC(=O)O)c(C(F)(F)F)c1. The fraction of sp³-hybridized carbons (Fsp3) is 0.483. The maximum Gasteiger partial charge on any atom is 0.417 e. The molecule has 0 aliphatic heterocycles. The van der Waals surface area contributed by atoms with Crippen LogP contribution >= 0.6 is 0 Å². The molecule has 7 nitrogen and oxygen atoms in total. The molecule has 0 fully saturated rings. The number of likely N-dealkylation sites (N-methyl/N-ethyl adjacent to an activating group) is 1. The lowest BCUT2D eigenvalue weighted by Gasteiger charge is -2.31. The molecule has 0 amide bonds. The van der Waals surface area contributed by atoms with Crippen LogP contribution in [0.25, 0.3) is 6.08 Å². The maximum atomic E-state index is 13.7. The van der Waals surface area contributed by atoms with Crippen LogP contribution in [0.3, 0.4) is 0 Å². The third-order valence-electron chi connectivity index (χ3n) is 7.08. The van der Waals surface area contributed by atoms with Gasteiger partial charge in [-0.1, -0.05) is 42.5 Å². The van der Waals surface area contributed by atoms with Gasteiger partial charge in [0.25, 0.3) is 0 Å². The Kier molecular flexibility index (Phi) is 10.2. The summed E-state index contributed by atoms with van der Waals surface area (Å²) in [5.74, 6) is -0.621. The van der Waals surface area contributed by atoms with Crippen molar-refractivity contribution in [3.8, 4) is 0 Å². The fourth-order valence-electron chi connectivity index (χ4n) is 5.13. The molecular formula is C29H37F3N2O5S. The number of aliphatic hydroxyl groups excluding tert-OH is 1. The summed E-state index contributed by atoms with van der Waals surface area (Å²) in [6.07, 6.45) is -0.846. The number of aliphatic hydroxyl groups is 1.